The minimum atomic E-state index is -0.643. The summed E-state index contributed by atoms with van der Waals surface area (Å²) in [5.74, 6) is -0.754. The van der Waals surface area contributed by atoms with Gasteiger partial charge in [0.05, 0.1) is 5.92 Å². The normalized spacial score (nSPS) is 11.8. The van der Waals surface area contributed by atoms with E-state index in [0.717, 1.165) is 25.7 Å². The monoisotopic (exact) mass is 167 g/mol. The maximum atomic E-state index is 10.4. The van der Waals surface area contributed by atoms with Gasteiger partial charge in [-0.15, -0.1) is 0 Å². The molecule has 0 amide bonds. The van der Waals surface area contributed by atoms with E-state index < -0.39 is 5.97 Å². The first-order valence-electron chi connectivity index (χ1n) is 3.95. The molecular weight excluding hydrogens is 151 g/mol. The van der Waals surface area contributed by atoms with Gasteiger partial charge >= 0.3 is 5.97 Å². The van der Waals surface area contributed by atoms with Crippen LogP contribution in [-0.4, -0.2) is 40.6 Å². The van der Waals surface area contributed by atoms with Crippen LogP contribution in [0.3, 0.4) is 0 Å². The fourth-order valence-electron chi connectivity index (χ4n) is 0.953. The number of aliphatic carboxylic acids is 1. The van der Waals surface area contributed by atoms with E-state index >= 15 is 0 Å². The average Bonchev–Trinajstić information content (AvgIpc) is 1.89. The molecule has 0 saturated carbocycles. The second-order valence-corrected chi connectivity index (χ2v) is 2.59. The van der Waals surface area contributed by atoms with Crippen LogP contribution in [0, 0.1) is 5.92 Å². The zero-order valence-electron chi connectivity index (χ0n) is 7.76. The van der Waals surface area contributed by atoms with Crippen molar-refractivity contribution < 1.29 is 9.90 Å². The molecule has 0 aromatic carbocycles. The number of rotatable bonds is 5. The number of unbranched alkanes of at least 4 members (excludes halogenated alkanes) is 1. The summed E-state index contributed by atoms with van der Waals surface area (Å²) in [4.78, 5) is 10.4. The van der Waals surface area contributed by atoms with Crippen molar-refractivity contribution in [1.82, 2.24) is 0 Å². The third kappa shape index (κ3) is 6.85. The predicted octanol–water partition coefficient (Wildman–Crippen LogP) is 1.91. The SMILES string of the molecule is CCCCC(CC)C(=O)O.[Na]. The summed E-state index contributed by atoms with van der Waals surface area (Å²) in [5.41, 5.74) is 0. The van der Waals surface area contributed by atoms with Crippen LogP contribution in [0.15, 0.2) is 0 Å². The maximum absolute atomic E-state index is 10.4. The quantitative estimate of drug-likeness (QED) is 0.635. The molecule has 0 saturated heterocycles. The molecule has 3 heteroatoms. The first-order chi connectivity index (χ1) is 4.72. The van der Waals surface area contributed by atoms with Crippen molar-refractivity contribution in [3.05, 3.63) is 0 Å². The molecule has 0 bridgehead atoms. The Morgan fingerprint density at radius 3 is 2.27 bits per heavy atom. The Balaban J connectivity index is 0. The van der Waals surface area contributed by atoms with Crippen molar-refractivity contribution in [1.29, 1.82) is 0 Å². The molecule has 1 unspecified atom stereocenters. The molecule has 0 rings (SSSR count). The third-order valence-corrected chi connectivity index (χ3v) is 1.75. The summed E-state index contributed by atoms with van der Waals surface area (Å²) in [6.45, 7) is 4.00. The van der Waals surface area contributed by atoms with E-state index in [4.69, 9.17) is 5.11 Å². The van der Waals surface area contributed by atoms with Crippen LogP contribution in [0.2, 0.25) is 0 Å². The van der Waals surface area contributed by atoms with E-state index in [-0.39, 0.29) is 35.5 Å². The number of carbonyl (C=O) groups is 1. The van der Waals surface area contributed by atoms with Crippen molar-refractivity contribution >= 4 is 35.5 Å². The van der Waals surface area contributed by atoms with Gasteiger partial charge in [-0.3, -0.25) is 4.79 Å². The maximum Gasteiger partial charge on any atom is 0.306 e. The molecule has 1 radical (unpaired) electrons. The van der Waals surface area contributed by atoms with E-state index in [2.05, 4.69) is 6.92 Å². The van der Waals surface area contributed by atoms with Crippen LogP contribution in [0.1, 0.15) is 39.5 Å². The molecule has 2 nitrogen and oxygen atoms in total. The molecule has 0 aliphatic heterocycles. The third-order valence-electron chi connectivity index (χ3n) is 1.75. The molecule has 0 aromatic heterocycles. The van der Waals surface area contributed by atoms with Crippen molar-refractivity contribution in [3.63, 3.8) is 0 Å². The summed E-state index contributed by atoms with van der Waals surface area (Å²) < 4.78 is 0. The fourth-order valence-corrected chi connectivity index (χ4v) is 0.953. The van der Waals surface area contributed by atoms with E-state index in [1.54, 1.807) is 0 Å². The molecule has 0 fully saturated rings. The summed E-state index contributed by atoms with van der Waals surface area (Å²) in [6.07, 6.45) is 3.71. The Hall–Kier alpha value is 0.470. The largest absolute Gasteiger partial charge is 0.481 e. The van der Waals surface area contributed by atoms with Crippen LogP contribution in [0.5, 0.6) is 0 Å². The summed E-state index contributed by atoms with van der Waals surface area (Å²) in [5, 5.41) is 8.60. The van der Waals surface area contributed by atoms with Gasteiger partial charge in [0.1, 0.15) is 0 Å². The Morgan fingerprint density at radius 1 is 1.45 bits per heavy atom. The number of carboxylic acid groups (broad SMARTS) is 1. The molecule has 61 valence electrons. The van der Waals surface area contributed by atoms with E-state index in [9.17, 15) is 4.79 Å². The minimum Gasteiger partial charge on any atom is -0.481 e. The van der Waals surface area contributed by atoms with E-state index in [1.807, 2.05) is 6.92 Å². The van der Waals surface area contributed by atoms with Crippen molar-refractivity contribution in [2.45, 2.75) is 39.5 Å². The van der Waals surface area contributed by atoms with Gasteiger partial charge in [-0.25, -0.2) is 0 Å². The first-order valence-corrected chi connectivity index (χ1v) is 3.95. The Labute approximate surface area is 90.7 Å². The molecule has 0 heterocycles. The molecule has 0 spiro atoms. The second kappa shape index (κ2) is 8.57. The van der Waals surface area contributed by atoms with Crippen molar-refractivity contribution in [2.24, 2.45) is 5.92 Å². The standard InChI is InChI=1S/C8H16O2.Na/c1-3-5-6-7(4-2)8(9)10;/h7H,3-6H2,1-2H3,(H,9,10);. The zero-order chi connectivity index (χ0) is 7.98. The Morgan fingerprint density at radius 2 is 2.00 bits per heavy atom. The van der Waals surface area contributed by atoms with E-state index in [1.165, 1.54) is 0 Å². The van der Waals surface area contributed by atoms with Gasteiger partial charge in [0, 0.05) is 29.6 Å². The van der Waals surface area contributed by atoms with Crippen molar-refractivity contribution in [2.75, 3.05) is 0 Å². The van der Waals surface area contributed by atoms with Gasteiger partial charge in [-0.05, 0) is 12.8 Å². The summed E-state index contributed by atoms with van der Waals surface area (Å²) >= 11 is 0. The van der Waals surface area contributed by atoms with E-state index in [0.29, 0.717) is 0 Å². The van der Waals surface area contributed by atoms with Crippen LogP contribution in [-0.2, 0) is 4.79 Å². The van der Waals surface area contributed by atoms with Crippen LogP contribution in [0.25, 0.3) is 0 Å². The van der Waals surface area contributed by atoms with Gasteiger partial charge in [0.2, 0.25) is 0 Å². The van der Waals surface area contributed by atoms with Gasteiger partial charge in [-0.1, -0.05) is 26.7 Å². The Bertz CT molecular complexity index is 104. The molecule has 0 aliphatic carbocycles. The minimum absolute atomic E-state index is 0. The zero-order valence-corrected chi connectivity index (χ0v) is 9.76. The van der Waals surface area contributed by atoms with Crippen molar-refractivity contribution in [3.8, 4) is 0 Å². The van der Waals surface area contributed by atoms with Gasteiger partial charge < -0.3 is 5.11 Å². The second-order valence-electron chi connectivity index (χ2n) is 2.59. The van der Waals surface area contributed by atoms with Crippen LogP contribution >= 0.6 is 0 Å². The first kappa shape index (κ1) is 14.0. The van der Waals surface area contributed by atoms with Crippen LogP contribution < -0.4 is 0 Å². The number of carboxylic acids is 1. The topological polar surface area (TPSA) is 37.3 Å². The predicted molar refractivity (Wildman–Crippen MR) is 46.7 cm³/mol. The summed E-state index contributed by atoms with van der Waals surface area (Å²) in [7, 11) is 0. The molecule has 1 N–H and O–H groups in total. The number of hydrogen-bond acceptors (Lipinski definition) is 1. The molecule has 0 aromatic rings. The average molecular weight is 167 g/mol. The van der Waals surface area contributed by atoms with Gasteiger partial charge in [0.15, 0.2) is 0 Å². The van der Waals surface area contributed by atoms with Gasteiger partial charge in [-0.2, -0.15) is 0 Å². The smallest absolute Gasteiger partial charge is 0.306 e. The molecular formula is C8H16NaO2. The number of hydrogen-bond donors (Lipinski definition) is 1. The summed E-state index contributed by atoms with van der Waals surface area (Å²) in [6, 6.07) is 0. The molecule has 0 aliphatic rings. The molecule has 11 heavy (non-hydrogen) atoms. The van der Waals surface area contributed by atoms with Gasteiger partial charge in [0.25, 0.3) is 0 Å². The fraction of sp³-hybridized carbons (Fsp3) is 0.875. The Kier molecular flexibility index (Phi) is 10.9. The van der Waals surface area contributed by atoms with Crippen LogP contribution in [0.4, 0.5) is 0 Å². The molecule has 1 atom stereocenters.